The predicted molar refractivity (Wildman–Crippen MR) is 76.2 cm³/mol. The molecule has 0 fully saturated rings. The molecule has 3 aromatic heterocycles. The molecule has 9 heteroatoms. The summed E-state index contributed by atoms with van der Waals surface area (Å²) in [7, 11) is 0. The number of aryl methyl sites for hydroxylation is 1. The van der Waals surface area contributed by atoms with Crippen molar-refractivity contribution in [3.8, 4) is 0 Å². The Morgan fingerprint density at radius 3 is 2.87 bits per heavy atom. The van der Waals surface area contributed by atoms with Crippen LogP contribution < -0.4 is 0 Å². The molecule has 0 aliphatic heterocycles. The van der Waals surface area contributed by atoms with E-state index in [0.717, 1.165) is 27.2 Å². The van der Waals surface area contributed by atoms with Crippen molar-refractivity contribution in [3.63, 3.8) is 0 Å². The van der Waals surface area contributed by atoms with Crippen LogP contribution >= 0.6 is 11.3 Å². The first-order valence-corrected chi connectivity index (χ1v) is 7.34. The van der Waals surface area contributed by atoms with E-state index < -0.39 is 23.7 Å². The van der Waals surface area contributed by atoms with Gasteiger partial charge in [-0.25, -0.2) is 9.78 Å². The topological polar surface area (TPSA) is 56.5 Å². The van der Waals surface area contributed by atoms with Gasteiger partial charge in [-0.3, -0.25) is 9.38 Å². The lowest BCUT2D eigenvalue weighted by Crippen LogP contribution is -2.11. The fourth-order valence-electron chi connectivity index (χ4n) is 2.08. The number of thiophene rings is 1. The van der Waals surface area contributed by atoms with Crippen molar-refractivity contribution in [2.45, 2.75) is 19.7 Å². The van der Waals surface area contributed by atoms with Gasteiger partial charge in [-0.05, 0) is 18.4 Å². The van der Waals surface area contributed by atoms with Crippen LogP contribution in [-0.2, 0) is 17.5 Å². The average molecular weight is 341 g/mol. The Morgan fingerprint density at radius 1 is 1.43 bits per heavy atom. The second-order valence-corrected chi connectivity index (χ2v) is 5.87. The third-order valence-electron chi connectivity index (χ3n) is 3.05. The molecule has 0 aliphatic rings. The summed E-state index contributed by atoms with van der Waals surface area (Å²) in [6.07, 6.45) is -1.25. The molecule has 120 valence electrons. The molecule has 0 aliphatic carbocycles. The first-order chi connectivity index (χ1) is 10.9. The third kappa shape index (κ3) is 3.04. The Bertz CT molecular complexity index is 870. The molecule has 23 heavy (non-hydrogen) atoms. The molecule has 3 aromatic rings. The number of ether oxygens (including phenoxy) is 1. The van der Waals surface area contributed by atoms with Crippen LogP contribution in [0.5, 0.6) is 0 Å². The van der Waals surface area contributed by atoms with Gasteiger partial charge in [-0.2, -0.15) is 13.2 Å². The Morgan fingerprint density at radius 2 is 2.22 bits per heavy atom. The summed E-state index contributed by atoms with van der Waals surface area (Å²) < 4.78 is 44.8. The molecule has 0 spiro atoms. The van der Waals surface area contributed by atoms with Crippen LogP contribution in [0.15, 0.2) is 30.0 Å². The smallest absolute Gasteiger partial charge is 0.450 e. The quantitative estimate of drug-likeness (QED) is 0.685. The predicted octanol–water partition coefficient (Wildman–Crippen LogP) is 3.48. The van der Waals surface area contributed by atoms with Gasteiger partial charge in [0.1, 0.15) is 6.61 Å². The lowest BCUT2D eigenvalue weighted by molar-refractivity contribution is -0.145. The Kier molecular flexibility index (Phi) is 3.80. The molecule has 0 aromatic carbocycles. The van der Waals surface area contributed by atoms with Crippen LogP contribution in [0, 0.1) is 6.92 Å². The molecule has 0 saturated carbocycles. The zero-order valence-corrected chi connectivity index (χ0v) is 12.6. The maximum absolute atomic E-state index is 13.0. The highest BCUT2D eigenvalue weighted by atomic mass is 32.1. The number of hydrogen-bond donors (Lipinski definition) is 0. The number of carbonyl (C=O) groups is 1. The lowest BCUT2D eigenvalue weighted by atomic mass is 10.3. The Balaban J connectivity index is 1.91. The van der Waals surface area contributed by atoms with Gasteiger partial charge in [0, 0.05) is 22.8 Å². The highest BCUT2D eigenvalue weighted by molar-refractivity contribution is 7.10. The molecule has 0 N–H and O–H groups in total. The fourth-order valence-corrected chi connectivity index (χ4v) is 2.77. The van der Waals surface area contributed by atoms with Crippen LogP contribution in [0.4, 0.5) is 13.2 Å². The molecule has 0 unspecified atom stereocenters. The number of esters is 1. The van der Waals surface area contributed by atoms with Crippen molar-refractivity contribution >= 4 is 22.8 Å². The zero-order valence-electron chi connectivity index (χ0n) is 11.8. The van der Waals surface area contributed by atoms with E-state index in [9.17, 15) is 18.0 Å². The second kappa shape index (κ2) is 5.65. The zero-order chi connectivity index (χ0) is 16.6. The van der Waals surface area contributed by atoms with Crippen molar-refractivity contribution in [2.24, 2.45) is 0 Å². The van der Waals surface area contributed by atoms with Crippen LogP contribution in [-0.4, -0.2) is 20.3 Å². The molecule has 0 radical (unpaired) electrons. The van der Waals surface area contributed by atoms with Crippen molar-refractivity contribution in [1.29, 1.82) is 0 Å². The highest BCUT2D eigenvalue weighted by Gasteiger charge is 2.38. The average Bonchev–Trinajstić information content (AvgIpc) is 3.08. The Labute approximate surface area is 132 Å². The number of imidazole rings is 1. The maximum Gasteiger partial charge on any atom is 0.450 e. The van der Waals surface area contributed by atoms with Gasteiger partial charge in [0.25, 0.3) is 0 Å². The highest BCUT2D eigenvalue weighted by Crippen LogP contribution is 2.30. The summed E-state index contributed by atoms with van der Waals surface area (Å²) in [5.41, 5.74) is 0.322. The number of rotatable bonds is 3. The van der Waals surface area contributed by atoms with E-state index in [1.54, 1.807) is 0 Å². The molecular weight excluding hydrogens is 331 g/mol. The van der Waals surface area contributed by atoms with E-state index in [1.165, 1.54) is 17.5 Å². The molecular formula is C14H10F3N3O2S. The number of nitrogens with zero attached hydrogens (tertiary/aromatic N) is 3. The van der Waals surface area contributed by atoms with Gasteiger partial charge >= 0.3 is 12.1 Å². The fraction of sp³-hybridized carbons (Fsp3) is 0.214. The van der Waals surface area contributed by atoms with E-state index >= 15 is 0 Å². The monoisotopic (exact) mass is 341 g/mol. The van der Waals surface area contributed by atoms with Crippen LogP contribution in [0.2, 0.25) is 0 Å². The van der Waals surface area contributed by atoms with E-state index in [0.29, 0.717) is 0 Å². The summed E-state index contributed by atoms with van der Waals surface area (Å²) in [5.74, 6) is -2.11. The number of hydrogen-bond acceptors (Lipinski definition) is 5. The standard InChI is InChI=1S/C14H10F3N3O2S/c1-8-4-9(7-23-8)6-22-12(21)11-10-5-18-2-3-20(10)13(19-11)14(15,16)17/h2-5,7H,6H2,1H3. The van der Waals surface area contributed by atoms with Gasteiger partial charge in [-0.15, -0.1) is 11.3 Å². The first kappa shape index (κ1) is 15.5. The first-order valence-electron chi connectivity index (χ1n) is 6.46. The number of fused-ring (bicyclic) bond motifs is 1. The number of carbonyl (C=O) groups excluding carboxylic acids is 1. The minimum Gasteiger partial charge on any atom is -0.456 e. The largest absolute Gasteiger partial charge is 0.456 e. The van der Waals surface area contributed by atoms with Gasteiger partial charge < -0.3 is 4.74 Å². The summed E-state index contributed by atoms with van der Waals surface area (Å²) in [4.78, 5) is 20.3. The molecule has 5 nitrogen and oxygen atoms in total. The van der Waals surface area contributed by atoms with E-state index in [4.69, 9.17) is 4.74 Å². The third-order valence-corrected chi connectivity index (χ3v) is 3.96. The maximum atomic E-state index is 13.0. The number of halogens is 3. The summed E-state index contributed by atoms with van der Waals surface area (Å²) >= 11 is 1.49. The van der Waals surface area contributed by atoms with Crippen molar-refractivity contribution in [3.05, 3.63) is 52.0 Å². The van der Waals surface area contributed by atoms with Crippen molar-refractivity contribution < 1.29 is 22.7 Å². The minimum absolute atomic E-state index is 0.0240. The van der Waals surface area contributed by atoms with Gasteiger partial charge in [0.15, 0.2) is 5.69 Å². The number of alkyl halides is 3. The lowest BCUT2D eigenvalue weighted by Gasteiger charge is -2.03. The van der Waals surface area contributed by atoms with E-state index in [-0.39, 0.29) is 12.1 Å². The second-order valence-electron chi connectivity index (χ2n) is 4.76. The molecule has 0 atom stereocenters. The molecule has 0 saturated heterocycles. The molecule has 0 amide bonds. The minimum atomic E-state index is -4.69. The SMILES string of the molecule is Cc1cc(COC(=O)c2nc(C(F)(F)F)n3ccncc23)cs1. The van der Waals surface area contributed by atoms with Crippen LogP contribution in [0.1, 0.15) is 26.8 Å². The number of aromatic nitrogens is 3. The van der Waals surface area contributed by atoms with E-state index in [2.05, 4.69) is 9.97 Å². The van der Waals surface area contributed by atoms with E-state index in [1.807, 2.05) is 18.4 Å². The van der Waals surface area contributed by atoms with Gasteiger partial charge in [-0.1, -0.05) is 0 Å². The van der Waals surface area contributed by atoms with Gasteiger partial charge in [0.2, 0.25) is 5.82 Å². The van der Waals surface area contributed by atoms with Gasteiger partial charge in [0.05, 0.1) is 11.7 Å². The summed E-state index contributed by atoms with van der Waals surface area (Å²) in [5, 5.41) is 1.82. The molecule has 0 bridgehead atoms. The molecule has 3 heterocycles. The summed E-state index contributed by atoms with van der Waals surface area (Å²) in [6.45, 7) is 1.88. The normalized spacial score (nSPS) is 11.8. The van der Waals surface area contributed by atoms with Crippen molar-refractivity contribution in [1.82, 2.24) is 14.4 Å². The van der Waals surface area contributed by atoms with Crippen LogP contribution in [0.3, 0.4) is 0 Å². The van der Waals surface area contributed by atoms with Crippen molar-refractivity contribution in [2.75, 3.05) is 0 Å². The molecule has 3 rings (SSSR count). The Hall–Kier alpha value is -2.42. The van der Waals surface area contributed by atoms with Crippen LogP contribution in [0.25, 0.3) is 5.52 Å². The summed E-state index contributed by atoms with van der Waals surface area (Å²) in [6, 6.07) is 1.84.